The highest BCUT2D eigenvalue weighted by molar-refractivity contribution is 5.97. The van der Waals surface area contributed by atoms with Gasteiger partial charge < -0.3 is 15.2 Å². The summed E-state index contributed by atoms with van der Waals surface area (Å²) in [6.45, 7) is 0. The molecular formula is C20H16N4O3. The van der Waals surface area contributed by atoms with Gasteiger partial charge in [0.25, 0.3) is 0 Å². The molecule has 0 aliphatic rings. The van der Waals surface area contributed by atoms with Gasteiger partial charge in [-0.3, -0.25) is 4.40 Å². The van der Waals surface area contributed by atoms with E-state index in [2.05, 4.69) is 15.3 Å². The average molecular weight is 360 g/mol. The molecule has 7 heteroatoms. The summed E-state index contributed by atoms with van der Waals surface area (Å²) in [5, 5.41) is 12.9. The van der Waals surface area contributed by atoms with E-state index in [-0.39, 0.29) is 5.75 Å². The van der Waals surface area contributed by atoms with Crippen molar-refractivity contribution in [3.8, 4) is 17.0 Å². The van der Waals surface area contributed by atoms with Gasteiger partial charge in [-0.2, -0.15) is 0 Å². The van der Waals surface area contributed by atoms with Gasteiger partial charge in [-0.25, -0.2) is 14.8 Å². The molecule has 0 bridgehead atoms. The molecule has 2 aromatic carbocycles. The first-order chi connectivity index (χ1) is 13.2. The van der Waals surface area contributed by atoms with Crippen molar-refractivity contribution >= 4 is 23.3 Å². The third-order valence-corrected chi connectivity index (χ3v) is 4.13. The lowest BCUT2D eigenvalue weighted by Crippen LogP contribution is -2.06. The van der Waals surface area contributed by atoms with E-state index in [1.807, 2.05) is 12.3 Å². The van der Waals surface area contributed by atoms with E-state index in [1.165, 1.54) is 7.11 Å². The maximum atomic E-state index is 12.1. The fourth-order valence-corrected chi connectivity index (χ4v) is 2.84. The standard InChI is InChI=1S/C20H16N4O3/c1-27-19(26)15-5-2-3-6-16(15)22-18-17(13-7-9-14(25)10-8-13)23-20-21-11-4-12-24(18)20/h2-12,22,25H,1H3. The molecule has 2 heterocycles. The van der Waals surface area contributed by atoms with Crippen LogP contribution in [-0.2, 0) is 4.74 Å². The van der Waals surface area contributed by atoms with Crippen molar-refractivity contribution in [2.75, 3.05) is 12.4 Å². The largest absolute Gasteiger partial charge is 0.508 e. The highest BCUT2D eigenvalue weighted by Crippen LogP contribution is 2.32. The molecule has 0 atom stereocenters. The van der Waals surface area contributed by atoms with Crippen LogP contribution in [0.1, 0.15) is 10.4 Å². The van der Waals surface area contributed by atoms with Crippen LogP contribution in [0.3, 0.4) is 0 Å². The first-order valence-electron chi connectivity index (χ1n) is 8.24. The smallest absolute Gasteiger partial charge is 0.339 e. The lowest BCUT2D eigenvalue weighted by Gasteiger charge is -2.12. The van der Waals surface area contributed by atoms with Gasteiger partial charge in [-0.15, -0.1) is 0 Å². The molecule has 0 spiro atoms. The molecule has 0 aliphatic heterocycles. The van der Waals surface area contributed by atoms with Gasteiger partial charge in [-0.1, -0.05) is 12.1 Å². The summed E-state index contributed by atoms with van der Waals surface area (Å²) in [6, 6.07) is 15.6. The van der Waals surface area contributed by atoms with Crippen LogP contribution in [0.15, 0.2) is 67.0 Å². The Balaban J connectivity index is 1.88. The summed E-state index contributed by atoms with van der Waals surface area (Å²) >= 11 is 0. The zero-order chi connectivity index (χ0) is 18.8. The second-order valence-electron chi connectivity index (χ2n) is 5.81. The normalized spacial score (nSPS) is 10.7. The molecule has 0 unspecified atom stereocenters. The molecule has 0 radical (unpaired) electrons. The van der Waals surface area contributed by atoms with E-state index in [4.69, 9.17) is 4.74 Å². The van der Waals surface area contributed by atoms with Crippen LogP contribution >= 0.6 is 0 Å². The number of nitrogens with zero attached hydrogens (tertiary/aromatic N) is 3. The topological polar surface area (TPSA) is 88.8 Å². The summed E-state index contributed by atoms with van der Waals surface area (Å²) < 4.78 is 6.67. The van der Waals surface area contributed by atoms with Crippen LogP contribution < -0.4 is 5.32 Å². The van der Waals surface area contributed by atoms with Gasteiger partial charge in [0.1, 0.15) is 17.3 Å². The number of anilines is 2. The number of rotatable bonds is 4. The number of carbonyl (C=O) groups excluding carboxylic acids is 1. The van der Waals surface area contributed by atoms with Crippen LogP contribution in [0, 0.1) is 0 Å². The van der Waals surface area contributed by atoms with E-state index in [0.29, 0.717) is 28.5 Å². The molecule has 0 aliphatic carbocycles. The van der Waals surface area contributed by atoms with Crippen molar-refractivity contribution < 1.29 is 14.6 Å². The monoisotopic (exact) mass is 360 g/mol. The number of imidazole rings is 1. The summed E-state index contributed by atoms with van der Waals surface area (Å²) in [7, 11) is 1.35. The fraction of sp³-hybridized carbons (Fsp3) is 0.0500. The molecule has 134 valence electrons. The van der Waals surface area contributed by atoms with Crippen LogP contribution in [0.25, 0.3) is 17.0 Å². The Bertz CT molecular complexity index is 1120. The molecule has 0 amide bonds. The van der Waals surface area contributed by atoms with Crippen molar-refractivity contribution in [3.63, 3.8) is 0 Å². The van der Waals surface area contributed by atoms with Gasteiger partial charge in [-0.05, 0) is 42.5 Å². The molecule has 7 nitrogen and oxygen atoms in total. The molecule has 2 N–H and O–H groups in total. The number of ether oxygens (including phenoxy) is 1. The molecular weight excluding hydrogens is 344 g/mol. The minimum Gasteiger partial charge on any atom is -0.508 e. The number of aromatic hydroxyl groups is 1. The number of esters is 1. The third kappa shape index (κ3) is 3.06. The Labute approximate surface area is 154 Å². The quantitative estimate of drug-likeness (QED) is 0.540. The van der Waals surface area contributed by atoms with E-state index < -0.39 is 5.97 Å². The van der Waals surface area contributed by atoms with Crippen LogP contribution in [0.2, 0.25) is 0 Å². The zero-order valence-electron chi connectivity index (χ0n) is 14.5. The molecule has 4 aromatic rings. The maximum Gasteiger partial charge on any atom is 0.339 e. The number of hydrogen-bond donors (Lipinski definition) is 2. The van der Waals surface area contributed by atoms with Gasteiger partial charge >= 0.3 is 5.97 Å². The van der Waals surface area contributed by atoms with Crippen LogP contribution in [0.5, 0.6) is 5.75 Å². The minimum atomic E-state index is -0.434. The number of phenolic OH excluding ortho intramolecular Hbond substituents is 1. The number of phenols is 1. The van der Waals surface area contributed by atoms with Gasteiger partial charge in [0.05, 0.1) is 18.4 Å². The average Bonchev–Trinajstić information content (AvgIpc) is 3.07. The van der Waals surface area contributed by atoms with E-state index in [9.17, 15) is 9.90 Å². The van der Waals surface area contributed by atoms with E-state index in [1.54, 1.807) is 59.1 Å². The Morgan fingerprint density at radius 2 is 1.89 bits per heavy atom. The molecule has 4 rings (SSSR count). The third-order valence-electron chi connectivity index (χ3n) is 4.13. The summed E-state index contributed by atoms with van der Waals surface area (Å²) in [5.74, 6) is 0.904. The van der Waals surface area contributed by atoms with Crippen molar-refractivity contribution in [2.24, 2.45) is 0 Å². The SMILES string of the molecule is COC(=O)c1ccccc1Nc1c(-c2ccc(O)cc2)nc2ncccn12. The van der Waals surface area contributed by atoms with Crippen molar-refractivity contribution in [2.45, 2.75) is 0 Å². The predicted octanol–water partition coefficient (Wildman–Crippen LogP) is 3.63. The number of carbonyl (C=O) groups is 1. The summed E-state index contributed by atoms with van der Waals surface area (Å²) in [4.78, 5) is 21.0. The number of benzene rings is 2. The van der Waals surface area contributed by atoms with Gasteiger partial charge in [0.2, 0.25) is 5.78 Å². The fourth-order valence-electron chi connectivity index (χ4n) is 2.84. The van der Waals surface area contributed by atoms with Gasteiger partial charge in [0.15, 0.2) is 0 Å². The molecule has 0 saturated heterocycles. The first kappa shape index (κ1) is 16.6. The van der Waals surface area contributed by atoms with Crippen molar-refractivity contribution in [1.29, 1.82) is 0 Å². The number of nitrogens with one attached hydrogen (secondary N) is 1. The van der Waals surface area contributed by atoms with Crippen LogP contribution in [0.4, 0.5) is 11.5 Å². The van der Waals surface area contributed by atoms with Gasteiger partial charge in [0, 0.05) is 18.0 Å². The van der Waals surface area contributed by atoms with Crippen molar-refractivity contribution in [3.05, 3.63) is 72.6 Å². The molecule has 0 fully saturated rings. The number of hydrogen-bond acceptors (Lipinski definition) is 6. The zero-order valence-corrected chi connectivity index (χ0v) is 14.5. The highest BCUT2D eigenvalue weighted by Gasteiger charge is 2.18. The molecule has 27 heavy (non-hydrogen) atoms. The minimum absolute atomic E-state index is 0.172. The van der Waals surface area contributed by atoms with Crippen LogP contribution in [-0.4, -0.2) is 32.6 Å². The number of fused-ring (bicyclic) bond motifs is 1. The number of aromatic nitrogens is 3. The Morgan fingerprint density at radius 1 is 1.11 bits per heavy atom. The first-order valence-corrected chi connectivity index (χ1v) is 8.24. The number of methoxy groups -OCH3 is 1. The second-order valence-corrected chi connectivity index (χ2v) is 5.81. The highest BCUT2D eigenvalue weighted by atomic mass is 16.5. The Hall–Kier alpha value is -3.87. The van der Waals surface area contributed by atoms with Crippen molar-refractivity contribution in [1.82, 2.24) is 14.4 Å². The second kappa shape index (κ2) is 6.80. The lowest BCUT2D eigenvalue weighted by atomic mass is 10.1. The number of para-hydroxylation sites is 1. The van der Waals surface area contributed by atoms with E-state index >= 15 is 0 Å². The predicted molar refractivity (Wildman–Crippen MR) is 101 cm³/mol. The Morgan fingerprint density at radius 3 is 2.67 bits per heavy atom. The Kier molecular flexibility index (Phi) is 4.18. The lowest BCUT2D eigenvalue weighted by molar-refractivity contribution is 0.0602. The van der Waals surface area contributed by atoms with E-state index in [0.717, 1.165) is 5.56 Å². The maximum absolute atomic E-state index is 12.1. The molecule has 2 aromatic heterocycles. The summed E-state index contributed by atoms with van der Waals surface area (Å²) in [5.41, 5.74) is 2.45. The molecule has 0 saturated carbocycles. The summed E-state index contributed by atoms with van der Waals surface area (Å²) in [6.07, 6.45) is 3.50.